The molecule has 1 nitrogen and oxygen atoms in total. The molecule has 0 bridgehead atoms. The first-order chi connectivity index (χ1) is 12.9. The highest BCUT2D eigenvalue weighted by molar-refractivity contribution is 7.04. The second kappa shape index (κ2) is 6.90. The van der Waals surface area contributed by atoms with E-state index >= 15 is 0 Å². The maximum Gasteiger partial charge on any atom is 0.123 e. The molecule has 144 valence electrons. The van der Waals surface area contributed by atoms with Crippen LogP contribution in [0.25, 0.3) is 0 Å². The summed E-state index contributed by atoms with van der Waals surface area (Å²) in [6.07, 6.45) is 5.91. The Kier molecular flexibility index (Phi) is 4.84. The van der Waals surface area contributed by atoms with Crippen molar-refractivity contribution < 1.29 is 5.11 Å². The van der Waals surface area contributed by atoms with E-state index in [1.807, 2.05) is 0 Å². The van der Waals surface area contributed by atoms with Crippen molar-refractivity contribution in [3.05, 3.63) is 60.7 Å². The lowest BCUT2D eigenvalue weighted by atomic mass is 9.82. The average Bonchev–Trinajstić information content (AvgIpc) is 3.36. The smallest absolute Gasteiger partial charge is 0.123 e. The van der Waals surface area contributed by atoms with Crippen molar-refractivity contribution in [3.63, 3.8) is 0 Å². The number of benzene rings is 2. The summed E-state index contributed by atoms with van der Waals surface area (Å²) in [6, 6.07) is 23.9. The van der Waals surface area contributed by atoms with Gasteiger partial charge in [-0.1, -0.05) is 105 Å². The van der Waals surface area contributed by atoms with Gasteiger partial charge in [0.15, 0.2) is 0 Å². The van der Waals surface area contributed by atoms with Gasteiger partial charge in [-0.2, -0.15) is 0 Å². The summed E-state index contributed by atoms with van der Waals surface area (Å²) in [5, 5.41) is 14.2. The van der Waals surface area contributed by atoms with Crippen LogP contribution in [0.1, 0.15) is 52.9 Å². The highest BCUT2D eigenvalue weighted by Crippen LogP contribution is 2.65. The van der Waals surface area contributed by atoms with Gasteiger partial charge in [-0.25, -0.2) is 0 Å². The molecule has 1 spiro atoms. The van der Waals surface area contributed by atoms with E-state index in [0.29, 0.717) is 5.92 Å². The molecule has 2 aromatic carbocycles. The summed E-state index contributed by atoms with van der Waals surface area (Å²) in [5.41, 5.74) is 0.227. The zero-order chi connectivity index (χ0) is 19.1. The minimum absolute atomic E-state index is 0.0746. The molecule has 2 aromatic rings. The first-order valence-electron chi connectivity index (χ1n) is 10.7. The van der Waals surface area contributed by atoms with Crippen LogP contribution < -0.4 is 10.4 Å². The molecule has 0 aliphatic heterocycles. The van der Waals surface area contributed by atoms with Gasteiger partial charge in [0, 0.05) is 0 Å². The minimum Gasteiger partial charge on any atom is -0.393 e. The molecule has 3 atom stereocenters. The first kappa shape index (κ1) is 19.0. The highest BCUT2D eigenvalue weighted by Gasteiger charge is 2.62. The van der Waals surface area contributed by atoms with E-state index in [4.69, 9.17) is 0 Å². The van der Waals surface area contributed by atoms with Crippen LogP contribution in [0, 0.1) is 11.3 Å². The molecular weight excluding hydrogens is 344 g/mol. The Morgan fingerprint density at radius 1 is 0.926 bits per heavy atom. The van der Waals surface area contributed by atoms with Crippen LogP contribution in [0.15, 0.2) is 60.7 Å². The maximum absolute atomic E-state index is 10.8. The molecule has 0 unspecified atom stereocenters. The van der Waals surface area contributed by atoms with E-state index in [2.05, 4.69) is 81.4 Å². The summed E-state index contributed by atoms with van der Waals surface area (Å²) in [5.74, 6) is 0.680. The fourth-order valence-corrected chi connectivity index (χ4v) is 12.0. The van der Waals surface area contributed by atoms with Crippen molar-refractivity contribution in [3.8, 4) is 0 Å². The third-order valence-corrected chi connectivity index (χ3v) is 14.0. The summed E-state index contributed by atoms with van der Waals surface area (Å²) < 4.78 is 0. The van der Waals surface area contributed by atoms with E-state index < -0.39 is 8.07 Å². The lowest BCUT2D eigenvalue weighted by Crippen LogP contribution is -2.64. The topological polar surface area (TPSA) is 20.2 Å². The zero-order valence-electron chi connectivity index (χ0n) is 17.1. The third kappa shape index (κ3) is 3.11. The van der Waals surface area contributed by atoms with Crippen molar-refractivity contribution in [2.75, 3.05) is 0 Å². The molecule has 0 aromatic heterocycles. The second-order valence-electron chi connectivity index (χ2n) is 9.99. The van der Waals surface area contributed by atoms with Gasteiger partial charge in [-0.15, -0.1) is 0 Å². The Morgan fingerprint density at radius 3 is 1.96 bits per heavy atom. The van der Waals surface area contributed by atoms with Crippen molar-refractivity contribution in [1.29, 1.82) is 0 Å². The van der Waals surface area contributed by atoms with Crippen LogP contribution in [0.3, 0.4) is 0 Å². The number of rotatable bonds is 4. The first-order valence-corrected chi connectivity index (χ1v) is 12.9. The van der Waals surface area contributed by atoms with Crippen LogP contribution in [0.4, 0.5) is 0 Å². The van der Waals surface area contributed by atoms with Crippen LogP contribution in [-0.4, -0.2) is 19.3 Å². The van der Waals surface area contributed by atoms with Crippen LogP contribution in [0.5, 0.6) is 0 Å². The van der Waals surface area contributed by atoms with Gasteiger partial charge in [-0.3, -0.25) is 0 Å². The molecule has 0 radical (unpaired) electrons. The van der Waals surface area contributed by atoms with Gasteiger partial charge in [-0.05, 0) is 41.7 Å². The third-order valence-electron chi connectivity index (χ3n) is 7.68. The molecule has 0 heterocycles. The zero-order valence-corrected chi connectivity index (χ0v) is 18.1. The second-order valence-corrected chi connectivity index (χ2v) is 14.9. The number of aliphatic hydroxyl groups is 1. The van der Waals surface area contributed by atoms with Gasteiger partial charge in [0.2, 0.25) is 0 Å². The summed E-state index contributed by atoms with van der Waals surface area (Å²) in [7, 11) is -2.00. The Morgan fingerprint density at radius 2 is 1.48 bits per heavy atom. The normalized spacial score (nSPS) is 28.3. The monoisotopic (exact) mass is 378 g/mol. The number of aliphatic hydroxyl groups excluding tert-OH is 1. The van der Waals surface area contributed by atoms with Crippen molar-refractivity contribution in [2.45, 2.75) is 70.1 Å². The van der Waals surface area contributed by atoms with Gasteiger partial charge >= 0.3 is 0 Å². The molecule has 27 heavy (non-hydrogen) atoms. The molecule has 2 saturated carbocycles. The Bertz CT molecular complexity index is 724. The Balaban J connectivity index is 1.79. The van der Waals surface area contributed by atoms with E-state index in [-0.39, 0.29) is 16.6 Å². The SMILES string of the molecule is CC(C)(C)[Si](C[C@@H]1C[C@@]12CCCC[C@@H]2O)(c1ccccc1)c1ccccc1. The van der Waals surface area contributed by atoms with Crippen LogP contribution in [-0.2, 0) is 0 Å². The van der Waals surface area contributed by atoms with Crippen LogP contribution >= 0.6 is 0 Å². The molecule has 0 amide bonds. The molecule has 4 rings (SSSR count). The fourth-order valence-electron chi connectivity index (χ4n) is 6.02. The van der Waals surface area contributed by atoms with Crippen LogP contribution in [0.2, 0.25) is 11.1 Å². The molecule has 2 aliphatic rings. The van der Waals surface area contributed by atoms with Gasteiger partial charge in [0.05, 0.1) is 6.10 Å². The minimum atomic E-state index is -2.00. The molecule has 2 fully saturated rings. The van der Waals surface area contributed by atoms with E-state index in [1.165, 1.54) is 31.7 Å². The molecule has 2 aliphatic carbocycles. The van der Waals surface area contributed by atoms with Gasteiger partial charge in [0.25, 0.3) is 0 Å². The van der Waals surface area contributed by atoms with Gasteiger partial charge < -0.3 is 5.11 Å². The quantitative estimate of drug-likeness (QED) is 0.743. The predicted molar refractivity (Wildman–Crippen MR) is 117 cm³/mol. The number of hydrogen-bond acceptors (Lipinski definition) is 1. The molecule has 2 heteroatoms. The average molecular weight is 379 g/mol. The summed E-state index contributed by atoms with van der Waals surface area (Å²) in [4.78, 5) is 0. The standard InChI is InChI=1S/C25H34OSi/c1-24(2,3)27(21-12-6-4-7-13-21,22-14-8-5-9-15-22)19-20-18-25(20)17-11-10-16-23(25)26/h4-9,12-15,20,23,26H,10-11,16-19H2,1-3H3/t20-,23-,25-/m0/s1. The number of hydrogen-bond donors (Lipinski definition) is 1. The van der Waals surface area contributed by atoms with E-state index in [1.54, 1.807) is 10.4 Å². The lowest BCUT2D eigenvalue weighted by molar-refractivity contribution is 0.0461. The van der Waals surface area contributed by atoms with Crippen molar-refractivity contribution >= 4 is 18.4 Å². The van der Waals surface area contributed by atoms with Crippen molar-refractivity contribution in [1.82, 2.24) is 0 Å². The predicted octanol–water partition coefficient (Wildman–Crippen LogP) is 4.99. The van der Waals surface area contributed by atoms with Gasteiger partial charge in [0.1, 0.15) is 8.07 Å². The maximum atomic E-state index is 10.8. The van der Waals surface area contributed by atoms with E-state index in [0.717, 1.165) is 6.42 Å². The Labute approximate surface area is 165 Å². The molecule has 0 saturated heterocycles. The highest BCUT2D eigenvalue weighted by atomic mass is 28.3. The molecule has 1 N–H and O–H groups in total. The fraction of sp³-hybridized carbons (Fsp3) is 0.520. The largest absolute Gasteiger partial charge is 0.393 e. The Hall–Kier alpha value is -1.38. The summed E-state index contributed by atoms with van der Waals surface area (Å²) >= 11 is 0. The lowest BCUT2D eigenvalue weighted by Gasteiger charge is -2.45. The molecular formula is C25H34OSi. The van der Waals surface area contributed by atoms with E-state index in [9.17, 15) is 5.11 Å². The van der Waals surface area contributed by atoms with Crippen molar-refractivity contribution in [2.24, 2.45) is 11.3 Å². The summed E-state index contributed by atoms with van der Waals surface area (Å²) in [6.45, 7) is 7.35.